The van der Waals surface area contributed by atoms with Gasteiger partial charge in [-0.3, -0.25) is 10.2 Å². The van der Waals surface area contributed by atoms with Crippen LogP contribution in [0.5, 0.6) is 0 Å². The van der Waals surface area contributed by atoms with E-state index in [1.165, 1.54) is 5.56 Å². The van der Waals surface area contributed by atoms with Crippen LogP contribution in [0, 0.1) is 11.3 Å². The van der Waals surface area contributed by atoms with E-state index in [-0.39, 0.29) is 23.5 Å². The molecule has 0 radical (unpaired) electrons. The number of ketones is 1. The Bertz CT molecular complexity index is 727. The second-order valence-corrected chi connectivity index (χ2v) is 8.96. The van der Waals surface area contributed by atoms with E-state index >= 15 is 0 Å². The Morgan fingerprint density at radius 3 is 2.67 bits per heavy atom. The number of carbonyl (C=O) groups is 1. The molecule has 2 aliphatic heterocycles. The second kappa shape index (κ2) is 5.68. The van der Waals surface area contributed by atoms with Crippen LogP contribution >= 0.6 is 15.9 Å². The van der Waals surface area contributed by atoms with E-state index in [2.05, 4.69) is 71.1 Å². The van der Waals surface area contributed by atoms with Crippen molar-refractivity contribution in [2.24, 2.45) is 11.3 Å². The maximum absolute atomic E-state index is 13.1. The van der Waals surface area contributed by atoms with Crippen LogP contribution in [0.15, 0.2) is 40.0 Å². The van der Waals surface area contributed by atoms with Crippen molar-refractivity contribution in [3.05, 3.63) is 45.6 Å². The minimum absolute atomic E-state index is 0.0197. The second-order valence-electron chi connectivity index (χ2n) is 8.11. The lowest BCUT2D eigenvalue weighted by Crippen LogP contribution is -2.52. The largest absolute Gasteiger partial charge is 0.371 e. The molecule has 0 saturated carbocycles. The molecule has 4 atom stereocenters. The van der Waals surface area contributed by atoms with Gasteiger partial charge >= 0.3 is 0 Å². The highest BCUT2D eigenvalue weighted by Crippen LogP contribution is 2.49. The average Bonchev–Trinajstić information content (AvgIpc) is 2.86. The first kappa shape index (κ1) is 16.3. The summed E-state index contributed by atoms with van der Waals surface area (Å²) < 4.78 is 1.08. The topological polar surface area (TPSA) is 53.2 Å². The summed E-state index contributed by atoms with van der Waals surface area (Å²) in [6.45, 7) is 6.55. The van der Waals surface area contributed by atoms with Gasteiger partial charge in [0.25, 0.3) is 0 Å². The molecular weight excluding hydrogens is 366 g/mol. The molecule has 1 aromatic carbocycles. The first-order chi connectivity index (χ1) is 11.4. The van der Waals surface area contributed by atoms with Gasteiger partial charge in [0.1, 0.15) is 0 Å². The molecule has 2 heterocycles. The Labute approximate surface area is 151 Å². The molecule has 1 aliphatic carbocycles. The molecule has 0 spiro atoms. The standard InChI is InChI=1S/C19H24BrN3O/c1-10-15-16(11-6-4-5-7-12(11)20)17-13(21-18(15)23-22-10)8-19(2,3)9-14(17)24/h4-7,10,15-16,18,21-23H,8-9H2,1-3H3/t10?,15?,16-,18?/m1/s1. The molecule has 1 aromatic rings. The SMILES string of the molecule is CC1NNC2NC3=C(C(=O)CC(C)(C)C3)[C@H](c3ccccc3Br)C12. The summed E-state index contributed by atoms with van der Waals surface area (Å²) in [4.78, 5) is 13.1. The van der Waals surface area contributed by atoms with Crippen LogP contribution in [-0.4, -0.2) is 18.0 Å². The van der Waals surface area contributed by atoms with E-state index in [0.717, 1.165) is 22.2 Å². The number of Topliss-reactive ketones (excluding diaryl/α,β-unsaturated/α-hetero) is 1. The highest BCUT2D eigenvalue weighted by atomic mass is 79.9. The summed E-state index contributed by atoms with van der Waals surface area (Å²) >= 11 is 3.71. The molecule has 0 amide bonds. The van der Waals surface area contributed by atoms with Crippen molar-refractivity contribution in [1.82, 2.24) is 16.2 Å². The third-order valence-corrected chi connectivity index (χ3v) is 6.34. The number of nitrogens with one attached hydrogen (secondary N) is 3. The molecule has 1 fully saturated rings. The summed E-state index contributed by atoms with van der Waals surface area (Å²) in [5, 5.41) is 3.62. The highest BCUT2D eigenvalue weighted by molar-refractivity contribution is 9.10. The Morgan fingerprint density at radius 1 is 1.17 bits per heavy atom. The average molecular weight is 390 g/mol. The summed E-state index contributed by atoms with van der Waals surface area (Å²) in [6.07, 6.45) is 1.70. The zero-order valence-electron chi connectivity index (χ0n) is 14.3. The van der Waals surface area contributed by atoms with Gasteiger partial charge in [-0.05, 0) is 30.4 Å². The summed E-state index contributed by atoms with van der Waals surface area (Å²) in [5.41, 5.74) is 10.1. The molecule has 3 unspecified atom stereocenters. The summed E-state index contributed by atoms with van der Waals surface area (Å²) in [5.74, 6) is 0.711. The first-order valence-corrected chi connectivity index (χ1v) is 9.45. The van der Waals surface area contributed by atoms with Crippen LogP contribution in [0.3, 0.4) is 0 Å². The van der Waals surface area contributed by atoms with Gasteiger partial charge in [-0.1, -0.05) is 48.0 Å². The quantitative estimate of drug-likeness (QED) is 0.689. The molecule has 0 aromatic heterocycles. The number of halogens is 1. The number of rotatable bonds is 1. The predicted molar refractivity (Wildman–Crippen MR) is 98.1 cm³/mol. The Balaban J connectivity index is 1.89. The lowest BCUT2D eigenvalue weighted by atomic mass is 9.65. The molecule has 1 saturated heterocycles. The lowest BCUT2D eigenvalue weighted by Gasteiger charge is -2.44. The fraction of sp³-hybridized carbons (Fsp3) is 0.526. The van der Waals surface area contributed by atoms with Crippen molar-refractivity contribution in [3.8, 4) is 0 Å². The third-order valence-electron chi connectivity index (χ3n) is 5.61. The van der Waals surface area contributed by atoms with Crippen LogP contribution in [0.1, 0.15) is 45.1 Å². The molecular formula is C19H24BrN3O. The van der Waals surface area contributed by atoms with Crippen molar-refractivity contribution in [1.29, 1.82) is 0 Å². The Kier molecular flexibility index (Phi) is 3.86. The molecule has 4 nitrogen and oxygen atoms in total. The molecule has 4 rings (SSSR count). The van der Waals surface area contributed by atoms with E-state index in [9.17, 15) is 4.79 Å². The van der Waals surface area contributed by atoms with E-state index in [4.69, 9.17) is 0 Å². The lowest BCUT2D eigenvalue weighted by molar-refractivity contribution is -0.118. The Morgan fingerprint density at radius 2 is 1.92 bits per heavy atom. The fourth-order valence-electron chi connectivity index (χ4n) is 4.61. The summed E-state index contributed by atoms with van der Waals surface area (Å²) in [7, 11) is 0. The maximum atomic E-state index is 13.1. The van der Waals surface area contributed by atoms with Crippen molar-refractivity contribution < 1.29 is 4.79 Å². The molecule has 3 aliphatic rings. The third kappa shape index (κ3) is 2.54. The molecule has 0 bridgehead atoms. The fourth-order valence-corrected chi connectivity index (χ4v) is 5.14. The van der Waals surface area contributed by atoms with E-state index < -0.39 is 0 Å². The van der Waals surface area contributed by atoms with Gasteiger partial charge < -0.3 is 5.32 Å². The van der Waals surface area contributed by atoms with Crippen molar-refractivity contribution in [2.75, 3.05) is 0 Å². The van der Waals surface area contributed by atoms with Gasteiger partial charge in [0.15, 0.2) is 5.78 Å². The Hall–Kier alpha value is -1.17. The summed E-state index contributed by atoms with van der Waals surface area (Å²) in [6, 6.07) is 8.61. The van der Waals surface area contributed by atoms with Crippen LogP contribution in [-0.2, 0) is 4.79 Å². The maximum Gasteiger partial charge on any atom is 0.161 e. The van der Waals surface area contributed by atoms with E-state index in [1.807, 2.05) is 6.07 Å². The highest BCUT2D eigenvalue weighted by Gasteiger charge is 2.50. The number of allylic oxidation sites excluding steroid dienone is 2. The van der Waals surface area contributed by atoms with Crippen LogP contribution in [0.4, 0.5) is 0 Å². The minimum atomic E-state index is 0.0197. The number of hydrogen-bond donors (Lipinski definition) is 3. The van der Waals surface area contributed by atoms with Crippen LogP contribution < -0.4 is 16.2 Å². The zero-order chi connectivity index (χ0) is 17.1. The number of carbonyl (C=O) groups excluding carboxylic acids is 1. The van der Waals surface area contributed by atoms with Crippen molar-refractivity contribution in [3.63, 3.8) is 0 Å². The van der Waals surface area contributed by atoms with Crippen LogP contribution in [0.25, 0.3) is 0 Å². The van der Waals surface area contributed by atoms with Crippen molar-refractivity contribution >= 4 is 21.7 Å². The number of hydrogen-bond acceptors (Lipinski definition) is 4. The van der Waals surface area contributed by atoms with Crippen molar-refractivity contribution in [2.45, 2.75) is 51.7 Å². The van der Waals surface area contributed by atoms with Gasteiger partial charge in [0, 0.05) is 40.0 Å². The van der Waals surface area contributed by atoms with Crippen LogP contribution in [0.2, 0.25) is 0 Å². The smallest absolute Gasteiger partial charge is 0.161 e. The van der Waals surface area contributed by atoms with Gasteiger partial charge in [0.2, 0.25) is 0 Å². The van der Waals surface area contributed by atoms with E-state index in [1.54, 1.807) is 0 Å². The zero-order valence-corrected chi connectivity index (χ0v) is 15.9. The number of hydrazine groups is 1. The van der Waals surface area contributed by atoms with Gasteiger partial charge in [-0.15, -0.1) is 0 Å². The first-order valence-electron chi connectivity index (χ1n) is 8.66. The monoisotopic (exact) mass is 389 g/mol. The molecule has 5 heteroatoms. The predicted octanol–water partition coefficient (Wildman–Crippen LogP) is 3.22. The molecule has 128 valence electrons. The van der Waals surface area contributed by atoms with Gasteiger partial charge in [0.05, 0.1) is 6.17 Å². The molecule has 3 N–H and O–H groups in total. The minimum Gasteiger partial charge on any atom is -0.371 e. The normalized spacial score (nSPS) is 34.6. The van der Waals surface area contributed by atoms with E-state index in [0.29, 0.717) is 18.1 Å². The molecule has 24 heavy (non-hydrogen) atoms. The van der Waals surface area contributed by atoms with Gasteiger partial charge in [-0.25, -0.2) is 5.43 Å². The number of benzene rings is 1. The van der Waals surface area contributed by atoms with Gasteiger partial charge in [-0.2, -0.15) is 0 Å². The number of fused-ring (bicyclic) bond motifs is 1.